The summed E-state index contributed by atoms with van der Waals surface area (Å²) in [5.74, 6) is 4.83. The van der Waals surface area contributed by atoms with Gasteiger partial charge in [-0.1, -0.05) is 197 Å². The number of imidazole rings is 2. The van der Waals surface area contributed by atoms with E-state index in [0.29, 0.717) is 5.92 Å². The number of aromatic amines is 2. The van der Waals surface area contributed by atoms with Gasteiger partial charge < -0.3 is 9.97 Å². The molecule has 0 radical (unpaired) electrons. The van der Waals surface area contributed by atoms with Gasteiger partial charge >= 0.3 is 11.7 Å². The number of hydrogen-bond donors (Lipinski definition) is 2. The van der Waals surface area contributed by atoms with Crippen LogP contribution < -0.4 is 0 Å². The maximum Gasteiger partial charge on any atom is 0.310 e. The summed E-state index contributed by atoms with van der Waals surface area (Å²) in [6, 6.07) is 12.9. The lowest BCUT2D eigenvalue weighted by molar-refractivity contribution is -0.323. The van der Waals surface area contributed by atoms with Crippen LogP contribution in [0.2, 0.25) is 0 Å². The van der Waals surface area contributed by atoms with Crippen molar-refractivity contribution < 1.29 is 9.15 Å². The highest BCUT2D eigenvalue weighted by Crippen LogP contribution is 2.37. The molecular formula is C60H90N8+2. The lowest BCUT2D eigenvalue weighted by atomic mass is 9.79. The second-order valence-corrected chi connectivity index (χ2v) is 27.6. The van der Waals surface area contributed by atoms with Crippen LogP contribution in [0.4, 0.5) is 0 Å². The predicted octanol–water partition coefficient (Wildman–Crippen LogP) is 15.7. The third-order valence-electron chi connectivity index (χ3n) is 12.6. The number of amidine groups is 2. The Labute approximate surface area is 412 Å². The standard InChI is InChI=1S/C15H23N2.C15H22N2.C15H23N2.C15H22N2/c1-14(2,3)11-7-8-13-16-12(15(4,5)6)10-17(13)9-11;1-14(2,3)10-7-8-11-12(9-10)17-13(16-11)15(4,5)6;1-14(2,3)11-8-7-9-17-10-12(15(4,5)6)16-13(11)17;1-14(2,3)10-8-7-9-11-12(10)17-13(16-11)15(4,5)6/h7,9-10H,8H2,1-6H3;7-9H,1-6H3,(H,16,17);7-11H,1-6H3;7-9H,1-6H3,(H,16,17)/q+1;;+1;. The molecule has 368 valence electrons. The first kappa shape index (κ1) is 54.0. The van der Waals surface area contributed by atoms with E-state index in [2.05, 4.69) is 270 Å². The summed E-state index contributed by atoms with van der Waals surface area (Å²) in [6.45, 7) is 53.3. The lowest BCUT2D eigenvalue weighted by Crippen LogP contribution is -2.34. The average molecular weight is 923 g/mol. The highest BCUT2D eigenvalue weighted by molar-refractivity contribution is 5.91. The van der Waals surface area contributed by atoms with Gasteiger partial charge in [0.1, 0.15) is 24.0 Å². The van der Waals surface area contributed by atoms with Gasteiger partial charge in [-0.05, 0) is 72.6 Å². The Morgan fingerprint density at radius 1 is 0.544 bits per heavy atom. The van der Waals surface area contributed by atoms with Crippen molar-refractivity contribution in [3.63, 3.8) is 0 Å². The maximum absolute atomic E-state index is 4.85. The highest BCUT2D eigenvalue weighted by atomic mass is 15.1. The zero-order valence-electron chi connectivity index (χ0n) is 47.0. The number of para-hydroxylation sites is 1. The summed E-state index contributed by atoms with van der Waals surface area (Å²) in [5.41, 5.74) is 11.9. The molecule has 0 aliphatic carbocycles. The fourth-order valence-corrected chi connectivity index (χ4v) is 7.92. The number of H-pyrrole nitrogens is 2. The van der Waals surface area contributed by atoms with Gasteiger partial charge in [0.15, 0.2) is 11.4 Å². The highest BCUT2D eigenvalue weighted by Gasteiger charge is 2.42. The Morgan fingerprint density at radius 2 is 1.10 bits per heavy atom. The Hall–Kier alpha value is -4.98. The topological polar surface area (TPSA) is 88.1 Å². The smallest absolute Gasteiger partial charge is 0.310 e. The van der Waals surface area contributed by atoms with E-state index < -0.39 is 0 Å². The number of aromatic nitrogens is 4. The quantitative estimate of drug-likeness (QED) is 0.172. The molecule has 4 aliphatic heterocycles. The molecule has 0 fully saturated rings. The van der Waals surface area contributed by atoms with Crippen LogP contribution in [0.3, 0.4) is 0 Å². The van der Waals surface area contributed by atoms with Gasteiger partial charge in [0, 0.05) is 21.7 Å². The summed E-state index contributed by atoms with van der Waals surface area (Å²) >= 11 is 0. The monoisotopic (exact) mass is 923 g/mol. The molecule has 8 nitrogen and oxygen atoms in total. The Balaban J connectivity index is 0.000000169. The fraction of sp³-hybridized carbons (Fsp3) is 0.567. The minimum atomic E-state index is 0.0637. The molecule has 68 heavy (non-hydrogen) atoms. The predicted molar refractivity (Wildman–Crippen MR) is 294 cm³/mol. The van der Waals surface area contributed by atoms with Gasteiger partial charge in [0.25, 0.3) is 0 Å². The van der Waals surface area contributed by atoms with E-state index in [1.165, 1.54) is 33.9 Å². The van der Waals surface area contributed by atoms with Crippen LogP contribution in [0, 0.1) is 27.6 Å². The molecule has 4 aliphatic rings. The Morgan fingerprint density at radius 3 is 1.63 bits per heavy atom. The van der Waals surface area contributed by atoms with E-state index in [-0.39, 0.29) is 43.3 Å². The molecule has 2 N–H and O–H groups in total. The molecular weight excluding hydrogens is 833 g/mol. The van der Waals surface area contributed by atoms with Crippen molar-refractivity contribution in [2.45, 2.75) is 194 Å². The number of fused-ring (bicyclic) bond motifs is 4. The molecule has 2 aromatic heterocycles. The SMILES string of the molecule is CC(C)(C)C1=CCC2=NC(C(C)(C)C)=C[N+]2=C1.CC(C)(C)C1=C[N+]2=CC=CC(C(C)(C)C)C2=N1.CC(C)(C)c1ccc2nc(C(C)(C)C)[nH]c2c1.CC(C)(C)c1nc2c(C(C)(C)C)cccc2[nH]1. The minimum Gasteiger partial charge on any atom is -0.342 e. The van der Waals surface area contributed by atoms with Crippen molar-refractivity contribution in [3.8, 4) is 0 Å². The third-order valence-corrected chi connectivity index (χ3v) is 12.6. The number of benzene rings is 2. The van der Waals surface area contributed by atoms with Gasteiger partial charge in [0.2, 0.25) is 0 Å². The van der Waals surface area contributed by atoms with Crippen LogP contribution in [-0.2, 0) is 21.7 Å². The normalized spacial score (nSPS) is 17.8. The van der Waals surface area contributed by atoms with E-state index in [1.54, 1.807) is 0 Å². The van der Waals surface area contributed by atoms with Crippen LogP contribution in [0.25, 0.3) is 22.1 Å². The van der Waals surface area contributed by atoms with Crippen LogP contribution in [0.5, 0.6) is 0 Å². The molecule has 6 heterocycles. The number of allylic oxidation sites excluding steroid dienone is 4. The minimum absolute atomic E-state index is 0.0637. The van der Waals surface area contributed by atoms with Crippen molar-refractivity contribution in [2.75, 3.05) is 0 Å². The van der Waals surface area contributed by atoms with Gasteiger partial charge in [-0.25, -0.2) is 19.1 Å². The Bertz CT molecular complexity index is 2730. The summed E-state index contributed by atoms with van der Waals surface area (Å²) in [5, 5.41) is 0. The van der Waals surface area contributed by atoms with Crippen molar-refractivity contribution >= 4 is 46.2 Å². The van der Waals surface area contributed by atoms with Crippen molar-refractivity contribution in [1.29, 1.82) is 0 Å². The van der Waals surface area contributed by atoms with Crippen molar-refractivity contribution in [1.82, 2.24) is 19.9 Å². The van der Waals surface area contributed by atoms with Gasteiger partial charge in [-0.2, -0.15) is 0 Å². The van der Waals surface area contributed by atoms with Gasteiger partial charge in [0.05, 0.1) is 46.8 Å². The van der Waals surface area contributed by atoms with Crippen LogP contribution in [0.1, 0.15) is 195 Å². The zero-order chi connectivity index (χ0) is 51.4. The Kier molecular flexibility index (Phi) is 14.9. The summed E-state index contributed by atoms with van der Waals surface area (Å²) in [7, 11) is 0. The maximum atomic E-state index is 4.85. The van der Waals surface area contributed by atoms with Crippen LogP contribution in [0.15, 0.2) is 94.0 Å². The van der Waals surface area contributed by atoms with Crippen LogP contribution >= 0.6 is 0 Å². The molecule has 8 heteroatoms. The first-order valence-corrected chi connectivity index (χ1v) is 25.0. The van der Waals surface area contributed by atoms with Crippen molar-refractivity contribution in [3.05, 3.63) is 107 Å². The third kappa shape index (κ3) is 13.2. The zero-order valence-corrected chi connectivity index (χ0v) is 47.0. The molecule has 8 rings (SSSR count). The molecule has 0 bridgehead atoms. The van der Waals surface area contributed by atoms with E-state index in [9.17, 15) is 0 Å². The first-order chi connectivity index (χ1) is 30.7. The van der Waals surface area contributed by atoms with Crippen molar-refractivity contribution in [2.24, 2.45) is 37.6 Å². The van der Waals surface area contributed by atoms with E-state index in [1.807, 2.05) is 0 Å². The van der Waals surface area contributed by atoms with Gasteiger partial charge in [-0.3, -0.25) is 0 Å². The molecule has 0 saturated carbocycles. The average Bonchev–Trinajstić information content (AvgIpc) is 3.99. The largest absolute Gasteiger partial charge is 0.342 e. The number of aliphatic imine (C=N–C) groups is 2. The second-order valence-electron chi connectivity index (χ2n) is 27.6. The lowest BCUT2D eigenvalue weighted by Gasteiger charge is -2.26. The molecule has 0 spiro atoms. The molecule has 1 atom stereocenters. The van der Waals surface area contributed by atoms with Gasteiger partial charge in [-0.15, -0.1) is 0 Å². The van der Waals surface area contributed by atoms with E-state index in [4.69, 9.17) is 15.0 Å². The summed E-state index contributed by atoms with van der Waals surface area (Å²) in [6.07, 6.45) is 16.3. The first-order valence-electron chi connectivity index (χ1n) is 25.0. The summed E-state index contributed by atoms with van der Waals surface area (Å²) in [4.78, 5) is 25.9. The fourth-order valence-electron chi connectivity index (χ4n) is 7.92. The molecule has 0 amide bonds. The number of rotatable bonds is 0. The van der Waals surface area contributed by atoms with E-state index in [0.717, 1.165) is 46.0 Å². The molecule has 4 aromatic rings. The molecule has 2 aromatic carbocycles. The summed E-state index contributed by atoms with van der Waals surface area (Å²) < 4.78 is 4.37. The number of hydrogen-bond acceptors (Lipinski definition) is 4. The number of nitrogens with one attached hydrogen (secondary N) is 2. The number of nitrogens with zero attached hydrogens (tertiary/aromatic N) is 6. The van der Waals surface area contributed by atoms with Crippen LogP contribution in [-0.4, -0.2) is 53.2 Å². The van der Waals surface area contributed by atoms with E-state index >= 15 is 0 Å². The molecule has 0 saturated heterocycles. The molecule has 1 unspecified atom stereocenters. The second kappa shape index (κ2) is 18.7.